The Kier molecular flexibility index (Phi) is 3.43. The number of benzene rings is 1. The first kappa shape index (κ1) is 12.1. The van der Waals surface area contributed by atoms with Crippen molar-refractivity contribution in [1.82, 2.24) is 15.2 Å². The van der Waals surface area contributed by atoms with Crippen molar-refractivity contribution in [3.63, 3.8) is 0 Å². The third kappa shape index (κ3) is 2.83. The maximum atomic E-state index is 11.9. The molecule has 0 aliphatic rings. The Morgan fingerprint density at radius 2 is 2.00 bits per heavy atom. The number of hydrogen-bond acceptors (Lipinski definition) is 4. The van der Waals surface area contributed by atoms with Crippen LogP contribution in [0.5, 0.6) is 0 Å². The number of anilines is 1. The second kappa shape index (κ2) is 4.84. The van der Waals surface area contributed by atoms with Crippen LogP contribution in [0.3, 0.4) is 0 Å². The molecule has 17 heavy (non-hydrogen) atoms. The van der Waals surface area contributed by atoms with Crippen molar-refractivity contribution in [3.8, 4) is 0 Å². The van der Waals surface area contributed by atoms with E-state index in [-0.39, 0.29) is 10.8 Å². The Labute approximate surface area is 107 Å². The molecule has 0 aliphatic heterocycles. The molecule has 2 N–H and O–H groups in total. The molecule has 0 amide bonds. The summed E-state index contributed by atoms with van der Waals surface area (Å²) in [5.41, 5.74) is 1.00. The lowest BCUT2D eigenvalue weighted by Gasteiger charge is -2.05. The van der Waals surface area contributed by atoms with Gasteiger partial charge >= 0.3 is 0 Å². The third-order valence-corrected chi connectivity index (χ3v) is 4.04. The van der Waals surface area contributed by atoms with Gasteiger partial charge in [-0.05, 0) is 17.7 Å². The summed E-state index contributed by atoms with van der Waals surface area (Å²) in [5, 5.41) is 6.67. The number of halogens is 1. The molecule has 2 rings (SSSR count). The lowest BCUT2D eigenvalue weighted by Crippen LogP contribution is -2.13. The van der Waals surface area contributed by atoms with Crippen molar-refractivity contribution in [3.05, 3.63) is 36.2 Å². The number of H-pyrrole nitrogens is 1. The molecule has 0 atom stereocenters. The van der Waals surface area contributed by atoms with Crippen molar-refractivity contribution in [2.75, 3.05) is 4.72 Å². The number of aromatic amines is 1. The summed E-state index contributed by atoms with van der Waals surface area (Å²) in [6, 6.07) is 6.55. The van der Waals surface area contributed by atoms with Crippen LogP contribution >= 0.6 is 15.9 Å². The van der Waals surface area contributed by atoms with Crippen LogP contribution in [-0.2, 0) is 15.4 Å². The van der Waals surface area contributed by atoms with E-state index in [1.54, 1.807) is 12.1 Å². The van der Waals surface area contributed by atoms with Gasteiger partial charge in [-0.15, -0.1) is 0 Å². The van der Waals surface area contributed by atoms with E-state index in [0.29, 0.717) is 5.33 Å². The van der Waals surface area contributed by atoms with Crippen LogP contribution in [0.15, 0.2) is 35.5 Å². The molecule has 1 aromatic heterocycles. The molecule has 8 heteroatoms. The summed E-state index contributed by atoms with van der Waals surface area (Å²) in [4.78, 5) is 3.88. The van der Waals surface area contributed by atoms with Crippen molar-refractivity contribution in [2.45, 2.75) is 10.2 Å². The number of hydrogen-bond donors (Lipinski definition) is 2. The summed E-state index contributed by atoms with van der Waals surface area (Å²) < 4.78 is 26.1. The van der Waals surface area contributed by atoms with Gasteiger partial charge < -0.3 is 0 Å². The second-order valence-electron chi connectivity index (χ2n) is 3.22. The zero-order valence-electron chi connectivity index (χ0n) is 8.59. The van der Waals surface area contributed by atoms with E-state index in [0.717, 1.165) is 5.56 Å². The molecule has 0 bridgehead atoms. The molecule has 0 fully saturated rings. The van der Waals surface area contributed by atoms with E-state index in [1.807, 2.05) is 0 Å². The van der Waals surface area contributed by atoms with Crippen LogP contribution in [0.1, 0.15) is 5.56 Å². The largest absolute Gasteiger partial charge is 0.264 e. The Balaban J connectivity index is 2.25. The number of nitrogens with one attached hydrogen (secondary N) is 2. The summed E-state index contributed by atoms with van der Waals surface area (Å²) >= 11 is 3.29. The smallest absolute Gasteiger partial charge is 0.248 e. The molecular weight excluding hydrogens is 308 g/mol. The SMILES string of the molecule is O=S(=O)(Nc1ncn[nH]1)c1ccc(CBr)cc1. The molecule has 1 heterocycles. The molecule has 0 spiro atoms. The highest BCUT2D eigenvalue weighted by Crippen LogP contribution is 2.14. The van der Waals surface area contributed by atoms with Crippen molar-refractivity contribution in [2.24, 2.45) is 0 Å². The van der Waals surface area contributed by atoms with Gasteiger partial charge in [0, 0.05) is 5.33 Å². The Bertz CT molecular complexity index is 580. The molecule has 0 unspecified atom stereocenters. The molecule has 6 nitrogen and oxygen atoms in total. The van der Waals surface area contributed by atoms with Crippen LogP contribution in [0.2, 0.25) is 0 Å². The van der Waals surface area contributed by atoms with E-state index in [9.17, 15) is 8.42 Å². The number of aromatic nitrogens is 3. The van der Waals surface area contributed by atoms with Gasteiger partial charge in [0.2, 0.25) is 5.95 Å². The van der Waals surface area contributed by atoms with Crippen LogP contribution in [0, 0.1) is 0 Å². The molecule has 0 radical (unpaired) electrons. The minimum atomic E-state index is -3.61. The second-order valence-corrected chi connectivity index (χ2v) is 5.46. The predicted molar refractivity (Wildman–Crippen MR) is 66.3 cm³/mol. The Hall–Kier alpha value is -1.41. The average molecular weight is 317 g/mol. The first-order valence-electron chi connectivity index (χ1n) is 4.65. The van der Waals surface area contributed by atoms with Gasteiger partial charge in [0.15, 0.2) is 0 Å². The molecule has 0 saturated heterocycles. The van der Waals surface area contributed by atoms with Gasteiger partial charge in [-0.2, -0.15) is 10.1 Å². The van der Waals surface area contributed by atoms with Gasteiger partial charge in [-0.1, -0.05) is 28.1 Å². The van der Waals surface area contributed by atoms with Gasteiger partial charge in [0.1, 0.15) is 6.33 Å². The fourth-order valence-electron chi connectivity index (χ4n) is 1.20. The van der Waals surface area contributed by atoms with Crippen molar-refractivity contribution < 1.29 is 8.42 Å². The molecular formula is C9H9BrN4O2S. The Morgan fingerprint density at radius 3 is 2.53 bits per heavy atom. The number of rotatable bonds is 4. The van der Waals surface area contributed by atoms with Crippen molar-refractivity contribution >= 4 is 31.9 Å². The van der Waals surface area contributed by atoms with E-state index in [2.05, 4.69) is 35.8 Å². The zero-order valence-corrected chi connectivity index (χ0v) is 11.0. The number of sulfonamides is 1. The minimum Gasteiger partial charge on any atom is -0.248 e. The lowest BCUT2D eigenvalue weighted by atomic mass is 10.2. The highest BCUT2D eigenvalue weighted by molar-refractivity contribution is 9.08. The normalized spacial score (nSPS) is 11.4. The number of nitrogens with zero attached hydrogens (tertiary/aromatic N) is 2. The fourth-order valence-corrected chi connectivity index (χ4v) is 2.54. The van der Waals surface area contributed by atoms with Gasteiger partial charge in [0.05, 0.1) is 4.90 Å². The summed E-state index contributed by atoms with van der Waals surface area (Å²) in [7, 11) is -3.61. The van der Waals surface area contributed by atoms with Crippen LogP contribution in [0.25, 0.3) is 0 Å². The van der Waals surface area contributed by atoms with Crippen LogP contribution < -0.4 is 4.72 Å². The fraction of sp³-hybridized carbons (Fsp3) is 0.111. The zero-order chi connectivity index (χ0) is 12.3. The van der Waals surface area contributed by atoms with Crippen LogP contribution in [0.4, 0.5) is 5.95 Å². The quantitative estimate of drug-likeness (QED) is 0.837. The summed E-state index contributed by atoms with van der Waals surface area (Å²) in [6.45, 7) is 0. The highest BCUT2D eigenvalue weighted by Gasteiger charge is 2.14. The van der Waals surface area contributed by atoms with Crippen molar-refractivity contribution in [1.29, 1.82) is 0 Å². The van der Waals surface area contributed by atoms with E-state index < -0.39 is 10.0 Å². The monoisotopic (exact) mass is 316 g/mol. The minimum absolute atomic E-state index is 0.0922. The maximum Gasteiger partial charge on any atom is 0.264 e. The number of alkyl halides is 1. The summed E-state index contributed by atoms with van der Waals surface area (Å²) in [6.07, 6.45) is 1.23. The first-order chi connectivity index (χ1) is 8.12. The lowest BCUT2D eigenvalue weighted by molar-refractivity contribution is 0.601. The van der Waals surface area contributed by atoms with E-state index in [4.69, 9.17) is 0 Å². The van der Waals surface area contributed by atoms with Gasteiger partial charge in [-0.25, -0.2) is 18.2 Å². The average Bonchev–Trinajstić information content (AvgIpc) is 2.81. The van der Waals surface area contributed by atoms with Crippen LogP contribution in [-0.4, -0.2) is 23.6 Å². The molecule has 1 aromatic carbocycles. The van der Waals surface area contributed by atoms with E-state index >= 15 is 0 Å². The first-order valence-corrected chi connectivity index (χ1v) is 7.25. The predicted octanol–water partition coefficient (Wildman–Crippen LogP) is 1.50. The van der Waals surface area contributed by atoms with Gasteiger partial charge in [0.25, 0.3) is 10.0 Å². The Morgan fingerprint density at radius 1 is 1.29 bits per heavy atom. The standard InChI is InChI=1S/C9H9BrN4O2S/c10-5-7-1-3-8(4-2-7)17(15,16)14-9-11-6-12-13-9/h1-4,6H,5H2,(H2,11,12,13,14). The van der Waals surface area contributed by atoms with E-state index in [1.165, 1.54) is 18.5 Å². The molecule has 0 saturated carbocycles. The highest BCUT2D eigenvalue weighted by atomic mass is 79.9. The molecule has 2 aromatic rings. The topological polar surface area (TPSA) is 87.7 Å². The molecule has 90 valence electrons. The van der Waals surface area contributed by atoms with Gasteiger partial charge in [-0.3, -0.25) is 0 Å². The summed E-state index contributed by atoms with van der Waals surface area (Å²) in [5.74, 6) is 0.0922. The third-order valence-electron chi connectivity index (χ3n) is 2.03. The molecule has 0 aliphatic carbocycles. The maximum absolute atomic E-state index is 11.9.